The van der Waals surface area contributed by atoms with Crippen LogP contribution in [0.15, 0.2) is 121 Å². The lowest BCUT2D eigenvalue weighted by atomic mass is 9.98. The molecule has 8 aromatic rings. The lowest BCUT2D eigenvalue weighted by Crippen LogP contribution is -2.16. The number of aryl methyl sites for hydroxylation is 2. The van der Waals surface area contributed by atoms with Gasteiger partial charge in [0.05, 0.1) is 45.1 Å². The fourth-order valence-electron chi connectivity index (χ4n) is 6.88. The summed E-state index contributed by atoms with van der Waals surface area (Å²) >= 11 is 0. The van der Waals surface area contributed by atoms with Crippen molar-refractivity contribution in [1.82, 2.24) is 9.13 Å². The second-order valence-electron chi connectivity index (χ2n) is 11.8. The number of hydrogen-bond acceptors (Lipinski definition) is 1. The van der Waals surface area contributed by atoms with E-state index in [-0.39, 0.29) is 11.4 Å². The van der Waals surface area contributed by atoms with Crippen molar-refractivity contribution in [1.29, 1.82) is 5.26 Å². The number of halogens is 3. The summed E-state index contributed by atoms with van der Waals surface area (Å²) in [5.41, 5.74) is 5.75. The lowest BCUT2D eigenvalue weighted by Gasteiger charge is -2.23. The third-order valence-electron chi connectivity index (χ3n) is 8.84. The van der Waals surface area contributed by atoms with Crippen molar-refractivity contribution in [2.45, 2.75) is 20.0 Å². The number of alkyl halides is 3. The molecule has 0 radical (unpaired) electrons. The van der Waals surface area contributed by atoms with E-state index in [1.54, 1.807) is 39.5 Å². The van der Waals surface area contributed by atoms with Crippen LogP contribution in [0.4, 0.5) is 13.2 Å². The minimum absolute atomic E-state index is 0.0236. The van der Waals surface area contributed by atoms with Crippen LogP contribution < -0.4 is 0 Å². The first-order chi connectivity index (χ1) is 22.2. The van der Waals surface area contributed by atoms with Crippen LogP contribution in [0.5, 0.6) is 0 Å². The monoisotopic (exact) mass is 605 g/mol. The van der Waals surface area contributed by atoms with E-state index in [4.69, 9.17) is 0 Å². The first-order valence-corrected chi connectivity index (χ1v) is 15.0. The van der Waals surface area contributed by atoms with E-state index in [9.17, 15) is 5.26 Å². The fourth-order valence-corrected chi connectivity index (χ4v) is 6.88. The first-order valence-electron chi connectivity index (χ1n) is 15.0. The zero-order valence-corrected chi connectivity index (χ0v) is 25.0. The predicted molar refractivity (Wildman–Crippen MR) is 180 cm³/mol. The summed E-state index contributed by atoms with van der Waals surface area (Å²) in [6.07, 6.45) is -4.72. The van der Waals surface area contributed by atoms with Crippen molar-refractivity contribution in [2.75, 3.05) is 0 Å². The molecule has 0 spiro atoms. The van der Waals surface area contributed by atoms with Gasteiger partial charge in [-0.05, 0) is 85.6 Å². The van der Waals surface area contributed by atoms with E-state index < -0.39 is 11.7 Å². The normalized spacial score (nSPS) is 12.0. The van der Waals surface area contributed by atoms with Crippen LogP contribution in [-0.2, 0) is 6.18 Å². The van der Waals surface area contributed by atoms with Gasteiger partial charge < -0.3 is 9.13 Å². The van der Waals surface area contributed by atoms with Gasteiger partial charge in [0.25, 0.3) is 0 Å². The molecular formula is C40H26F3N3. The minimum Gasteiger partial charge on any atom is -0.309 e. The Bertz CT molecular complexity index is 2420. The molecule has 0 aliphatic carbocycles. The SMILES string of the molecule is Cc1ccc2c(c1)c1ccccc1n2-c1cc(-c2cccc(C#N)c2)cc(-n2c3ccccc3c3cc(C)ccc32)c1C(F)(F)F. The largest absolute Gasteiger partial charge is 0.420 e. The number of aromatic nitrogens is 2. The lowest BCUT2D eigenvalue weighted by molar-refractivity contribution is -0.137. The van der Waals surface area contributed by atoms with Crippen LogP contribution in [0.1, 0.15) is 22.3 Å². The molecule has 6 aromatic carbocycles. The predicted octanol–water partition coefficient (Wildman–Crippen LogP) is 11.1. The van der Waals surface area contributed by atoms with Crippen LogP contribution in [0.2, 0.25) is 0 Å². The highest BCUT2D eigenvalue weighted by Crippen LogP contribution is 2.46. The Balaban J connectivity index is 1.60. The second kappa shape index (κ2) is 10.1. The van der Waals surface area contributed by atoms with Gasteiger partial charge in [0, 0.05) is 21.5 Å². The van der Waals surface area contributed by atoms with Crippen LogP contribution in [0, 0.1) is 25.2 Å². The van der Waals surface area contributed by atoms with Gasteiger partial charge in [-0.15, -0.1) is 0 Å². The summed E-state index contributed by atoms with van der Waals surface area (Å²) in [5, 5.41) is 13.2. The van der Waals surface area contributed by atoms with Crippen LogP contribution in [0.25, 0.3) is 66.1 Å². The van der Waals surface area contributed by atoms with E-state index in [0.717, 1.165) is 32.7 Å². The maximum absolute atomic E-state index is 15.8. The molecule has 8 rings (SSSR count). The molecule has 0 unspecified atom stereocenters. The topological polar surface area (TPSA) is 33.6 Å². The highest BCUT2D eigenvalue weighted by Gasteiger charge is 2.39. The molecule has 3 nitrogen and oxygen atoms in total. The summed E-state index contributed by atoms with van der Waals surface area (Å²) in [5.74, 6) is 0. The third kappa shape index (κ3) is 4.20. The van der Waals surface area contributed by atoms with Crippen molar-refractivity contribution in [2.24, 2.45) is 0 Å². The second-order valence-corrected chi connectivity index (χ2v) is 11.8. The molecule has 46 heavy (non-hydrogen) atoms. The van der Waals surface area contributed by atoms with E-state index in [2.05, 4.69) is 6.07 Å². The average Bonchev–Trinajstić information content (AvgIpc) is 3.56. The standard InChI is InChI=1S/C40H26F3N3/c1-24-14-16-35-31(18-24)29-10-3-5-12-33(29)45(35)37-21-28(27-9-7-8-26(20-27)23-44)22-38(39(37)40(41,42)43)46-34-13-6-4-11-30(34)32-19-25(2)15-17-36(32)46/h3-22H,1-2H3. The van der Waals surface area contributed by atoms with E-state index in [1.165, 1.54) is 0 Å². The van der Waals surface area contributed by atoms with Gasteiger partial charge in [0.1, 0.15) is 5.56 Å². The molecule has 0 saturated heterocycles. The minimum atomic E-state index is -4.72. The third-order valence-corrected chi connectivity index (χ3v) is 8.84. The Morgan fingerprint density at radius 2 is 1.02 bits per heavy atom. The fraction of sp³-hybridized carbons (Fsp3) is 0.0750. The van der Waals surface area contributed by atoms with Gasteiger partial charge in [-0.2, -0.15) is 18.4 Å². The maximum Gasteiger partial charge on any atom is 0.420 e. The Hall–Kier alpha value is -5.80. The van der Waals surface area contributed by atoms with Crippen molar-refractivity contribution < 1.29 is 13.2 Å². The molecule has 6 heteroatoms. The molecule has 0 bridgehead atoms. The van der Waals surface area contributed by atoms with Crippen LogP contribution >= 0.6 is 0 Å². The Kier molecular flexibility index (Phi) is 6.10. The van der Waals surface area contributed by atoms with Gasteiger partial charge in [0.15, 0.2) is 0 Å². The Morgan fingerprint density at radius 1 is 0.522 bits per heavy atom. The molecule has 0 saturated carbocycles. The van der Waals surface area contributed by atoms with Crippen molar-refractivity contribution in [3.63, 3.8) is 0 Å². The summed E-state index contributed by atoms with van der Waals surface area (Å²) < 4.78 is 50.9. The number of fused-ring (bicyclic) bond motifs is 6. The van der Waals surface area contributed by atoms with Crippen molar-refractivity contribution in [3.05, 3.63) is 144 Å². The number of benzene rings is 6. The molecule has 0 aliphatic heterocycles. The van der Waals surface area contributed by atoms with E-state index in [1.807, 2.05) is 105 Å². The smallest absolute Gasteiger partial charge is 0.309 e. The molecule has 0 N–H and O–H groups in total. The summed E-state index contributed by atoms with van der Waals surface area (Å²) in [4.78, 5) is 0. The number of para-hydroxylation sites is 2. The summed E-state index contributed by atoms with van der Waals surface area (Å²) in [6.45, 7) is 3.97. The molecule has 2 aromatic heterocycles. The van der Waals surface area contributed by atoms with Gasteiger partial charge in [-0.3, -0.25) is 0 Å². The first kappa shape index (κ1) is 27.7. The molecule has 0 amide bonds. The molecule has 0 fully saturated rings. The molecule has 222 valence electrons. The molecule has 0 atom stereocenters. The average molecular weight is 606 g/mol. The highest BCUT2D eigenvalue weighted by molar-refractivity contribution is 6.11. The molecule has 0 aliphatic rings. The van der Waals surface area contributed by atoms with E-state index >= 15 is 13.2 Å². The highest BCUT2D eigenvalue weighted by atomic mass is 19.4. The Labute approximate surface area is 263 Å². The van der Waals surface area contributed by atoms with Crippen molar-refractivity contribution in [3.8, 4) is 28.6 Å². The molecule has 2 heterocycles. The molecular weight excluding hydrogens is 579 g/mol. The van der Waals surface area contributed by atoms with Crippen LogP contribution in [-0.4, -0.2) is 9.13 Å². The number of nitrogens with zero attached hydrogens (tertiary/aromatic N) is 3. The summed E-state index contributed by atoms with van der Waals surface area (Å²) in [6, 6.07) is 39.3. The van der Waals surface area contributed by atoms with Gasteiger partial charge in [-0.1, -0.05) is 71.8 Å². The zero-order chi connectivity index (χ0) is 31.7. The van der Waals surface area contributed by atoms with Gasteiger partial charge in [-0.25, -0.2) is 0 Å². The Morgan fingerprint density at radius 3 is 1.52 bits per heavy atom. The van der Waals surface area contributed by atoms with Gasteiger partial charge in [0.2, 0.25) is 0 Å². The van der Waals surface area contributed by atoms with E-state index in [0.29, 0.717) is 38.8 Å². The number of nitriles is 1. The quantitative estimate of drug-likeness (QED) is 0.197. The van der Waals surface area contributed by atoms with Crippen molar-refractivity contribution >= 4 is 43.6 Å². The number of rotatable bonds is 3. The maximum atomic E-state index is 15.8. The van der Waals surface area contributed by atoms with Crippen LogP contribution in [0.3, 0.4) is 0 Å². The number of hydrogen-bond donors (Lipinski definition) is 0. The van der Waals surface area contributed by atoms with Gasteiger partial charge >= 0.3 is 6.18 Å². The summed E-state index contributed by atoms with van der Waals surface area (Å²) in [7, 11) is 0. The zero-order valence-electron chi connectivity index (χ0n) is 25.0.